The number of ether oxygens (including phenoxy) is 1. The van der Waals surface area contributed by atoms with E-state index >= 15 is 0 Å². The number of rotatable bonds is 0. The Morgan fingerprint density at radius 1 is 1.15 bits per heavy atom. The van der Waals surface area contributed by atoms with E-state index in [1.54, 1.807) is 0 Å². The molecule has 108 valence electrons. The molecule has 3 nitrogen and oxygen atoms in total. The summed E-state index contributed by atoms with van der Waals surface area (Å²) in [6, 6.07) is 0. The maximum atomic E-state index is 12.2. The van der Waals surface area contributed by atoms with Gasteiger partial charge in [-0.1, -0.05) is 12.5 Å². The maximum Gasteiger partial charge on any atom is 0.310 e. The van der Waals surface area contributed by atoms with Crippen LogP contribution in [0, 0.1) is 23.2 Å². The largest absolute Gasteiger partial charge is 0.461 e. The van der Waals surface area contributed by atoms with Crippen molar-refractivity contribution >= 4 is 11.8 Å². The van der Waals surface area contributed by atoms with Crippen LogP contribution < -0.4 is 0 Å². The van der Waals surface area contributed by atoms with Crippen LogP contribution >= 0.6 is 0 Å². The summed E-state index contributed by atoms with van der Waals surface area (Å²) in [6.07, 6.45) is 6.74. The molecule has 4 rings (SSSR count). The Hall–Kier alpha value is -1.12. The monoisotopic (exact) mass is 274 g/mol. The summed E-state index contributed by atoms with van der Waals surface area (Å²) in [7, 11) is 0. The van der Waals surface area contributed by atoms with E-state index in [9.17, 15) is 9.59 Å². The second-order valence-electron chi connectivity index (χ2n) is 7.30. The molecule has 0 N–H and O–H groups in total. The Kier molecular flexibility index (Phi) is 2.64. The minimum atomic E-state index is -0.0566. The van der Waals surface area contributed by atoms with E-state index in [0.717, 1.165) is 32.1 Å². The van der Waals surface area contributed by atoms with Gasteiger partial charge in [0, 0.05) is 11.8 Å². The van der Waals surface area contributed by atoms with Gasteiger partial charge in [0.25, 0.3) is 0 Å². The summed E-state index contributed by atoms with van der Waals surface area (Å²) in [5.74, 6) is 2.24. The van der Waals surface area contributed by atoms with Gasteiger partial charge < -0.3 is 4.74 Å². The second-order valence-corrected chi connectivity index (χ2v) is 7.30. The number of esters is 1. The van der Waals surface area contributed by atoms with Gasteiger partial charge in [-0.3, -0.25) is 9.59 Å². The van der Waals surface area contributed by atoms with Gasteiger partial charge in [0.05, 0.1) is 6.42 Å². The average Bonchev–Trinajstić information content (AvgIpc) is 2.74. The number of carbonyl (C=O) groups excluding carboxylic acids is 2. The first-order valence-electron chi connectivity index (χ1n) is 7.99. The van der Waals surface area contributed by atoms with Gasteiger partial charge in [-0.25, -0.2) is 0 Å². The number of ketones is 1. The minimum Gasteiger partial charge on any atom is -0.461 e. The minimum absolute atomic E-state index is 0.0510. The number of hydrogen-bond donors (Lipinski definition) is 0. The average molecular weight is 274 g/mol. The maximum absolute atomic E-state index is 12.2. The van der Waals surface area contributed by atoms with Gasteiger partial charge in [0.1, 0.15) is 12.4 Å². The first kappa shape index (κ1) is 12.6. The van der Waals surface area contributed by atoms with Gasteiger partial charge in [-0.05, 0) is 55.4 Å². The molecule has 2 fully saturated rings. The first-order chi connectivity index (χ1) is 9.59. The molecule has 3 aliphatic carbocycles. The van der Waals surface area contributed by atoms with Crippen LogP contribution in [0.1, 0.15) is 51.9 Å². The lowest BCUT2D eigenvalue weighted by atomic mass is 9.55. The van der Waals surface area contributed by atoms with E-state index in [1.165, 1.54) is 17.6 Å². The molecule has 1 heterocycles. The molecule has 1 aliphatic heterocycles. The molecule has 0 bridgehead atoms. The number of Topliss-reactive ketones (excluding diaryl/α,β-unsaturated/α-hetero) is 1. The van der Waals surface area contributed by atoms with Crippen molar-refractivity contribution in [2.45, 2.75) is 51.9 Å². The van der Waals surface area contributed by atoms with Crippen LogP contribution in [0.5, 0.6) is 0 Å². The smallest absolute Gasteiger partial charge is 0.310 e. The lowest BCUT2D eigenvalue weighted by Crippen LogP contribution is -2.44. The van der Waals surface area contributed by atoms with Gasteiger partial charge in [-0.15, -0.1) is 0 Å². The van der Waals surface area contributed by atoms with Gasteiger partial charge in [0.2, 0.25) is 0 Å². The van der Waals surface area contributed by atoms with E-state index < -0.39 is 0 Å². The van der Waals surface area contributed by atoms with Crippen molar-refractivity contribution in [2.75, 3.05) is 6.61 Å². The van der Waals surface area contributed by atoms with Crippen molar-refractivity contribution < 1.29 is 14.3 Å². The van der Waals surface area contributed by atoms with Crippen LogP contribution in [0.2, 0.25) is 0 Å². The molecule has 0 aromatic heterocycles. The molecular weight excluding hydrogens is 252 g/mol. The van der Waals surface area contributed by atoms with Crippen molar-refractivity contribution in [1.29, 1.82) is 0 Å². The third-order valence-corrected chi connectivity index (χ3v) is 6.57. The highest BCUT2D eigenvalue weighted by molar-refractivity contribution is 5.87. The van der Waals surface area contributed by atoms with E-state index in [1.807, 2.05) is 0 Å². The highest BCUT2D eigenvalue weighted by Gasteiger charge is 2.55. The molecule has 0 unspecified atom stereocenters. The molecule has 0 aromatic carbocycles. The quantitative estimate of drug-likeness (QED) is 0.504. The Morgan fingerprint density at radius 3 is 2.85 bits per heavy atom. The highest BCUT2D eigenvalue weighted by Crippen LogP contribution is 2.59. The SMILES string of the molecule is C[C@]12CC[C@@H]3C4=C(CC[C@H]3[C@@H]1CCC2=O)CC(=O)OC4. The molecule has 3 heteroatoms. The Labute approximate surface area is 119 Å². The Bertz CT molecular complexity index is 518. The van der Waals surface area contributed by atoms with E-state index in [-0.39, 0.29) is 11.4 Å². The van der Waals surface area contributed by atoms with Crippen molar-refractivity contribution in [3.63, 3.8) is 0 Å². The zero-order valence-corrected chi connectivity index (χ0v) is 12.1. The van der Waals surface area contributed by atoms with Crippen molar-refractivity contribution in [3.8, 4) is 0 Å². The van der Waals surface area contributed by atoms with Crippen LogP contribution in [-0.2, 0) is 14.3 Å². The zero-order valence-electron chi connectivity index (χ0n) is 12.1. The topological polar surface area (TPSA) is 43.4 Å². The van der Waals surface area contributed by atoms with Crippen molar-refractivity contribution in [2.24, 2.45) is 23.2 Å². The standard InChI is InChI=1S/C17H22O3/c1-17-7-6-11-12(14(17)4-5-15(17)18)3-2-10-8-16(19)20-9-13(10)11/h11-12,14H,2-9H2,1H3/t11-,12+,14-,17-/m0/s1. The van der Waals surface area contributed by atoms with Crippen LogP contribution in [0.3, 0.4) is 0 Å². The van der Waals surface area contributed by atoms with E-state index in [2.05, 4.69) is 6.92 Å². The Morgan fingerprint density at radius 2 is 2.00 bits per heavy atom. The van der Waals surface area contributed by atoms with Gasteiger partial charge in [0.15, 0.2) is 0 Å². The fourth-order valence-corrected chi connectivity index (χ4v) is 5.45. The molecule has 20 heavy (non-hydrogen) atoms. The predicted molar refractivity (Wildman–Crippen MR) is 73.9 cm³/mol. The Balaban J connectivity index is 1.67. The molecule has 4 atom stereocenters. The molecule has 2 saturated carbocycles. The third-order valence-electron chi connectivity index (χ3n) is 6.57. The van der Waals surface area contributed by atoms with Crippen molar-refractivity contribution in [1.82, 2.24) is 0 Å². The molecule has 0 amide bonds. The van der Waals surface area contributed by atoms with E-state index in [4.69, 9.17) is 4.74 Å². The molecule has 0 radical (unpaired) electrons. The molecule has 0 spiro atoms. The predicted octanol–water partition coefficient (Wildman–Crippen LogP) is 3.04. The molecular formula is C17H22O3. The number of cyclic esters (lactones) is 1. The fourth-order valence-electron chi connectivity index (χ4n) is 5.45. The summed E-state index contributed by atoms with van der Waals surface area (Å²) in [4.78, 5) is 23.7. The highest BCUT2D eigenvalue weighted by atomic mass is 16.5. The summed E-state index contributed by atoms with van der Waals surface area (Å²) in [5.41, 5.74) is 2.72. The fraction of sp³-hybridized carbons (Fsp3) is 0.765. The summed E-state index contributed by atoms with van der Waals surface area (Å²) < 4.78 is 5.29. The van der Waals surface area contributed by atoms with E-state index in [0.29, 0.717) is 36.6 Å². The number of hydrogen-bond acceptors (Lipinski definition) is 3. The van der Waals surface area contributed by atoms with Crippen LogP contribution in [-0.4, -0.2) is 18.4 Å². The third kappa shape index (κ3) is 1.58. The van der Waals surface area contributed by atoms with Crippen LogP contribution in [0.25, 0.3) is 0 Å². The van der Waals surface area contributed by atoms with Gasteiger partial charge >= 0.3 is 5.97 Å². The number of fused-ring (bicyclic) bond motifs is 4. The lowest BCUT2D eigenvalue weighted by Gasteiger charge is -2.49. The van der Waals surface area contributed by atoms with Gasteiger partial charge in [-0.2, -0.15) is 0 Å². The molecule has 0 aromatic rings. The normalized spacial score (nSPS) is 43.8. The first-order valence-corrected chi connectivity index (χ1v) is 7.99. The second kappa shape index (κ2) is 4.19. The van der Waals surface area contributed by atoms with Crippen LogP contribution in [0.4, 0.5) is 0 Å². The molecule has 0 saturated heterocycles. The zero-order chi connectivity index (χ0) is 13.9. The number of carbonyl (C=O) groups is 2. The van der Waals surface area contributed by atoms with Crippen LogP contribution in [0.15, 0.2) is 11.1 Å². The lowest BCUT2D eigenvalue weighted by molar-refractivity contribution is -0.143. The van der Waals surface area contributed by atoms with Crippen molar-refractivity contribution in [3.05, 3.63) is 11.1 Å². The summed E-state index contributed by atoms with van der Waals surface area (Å²) >= 11 is 0. The molecule has 4 aliphatic rings. The summed E-state index contributed by atoms with van der Waals surface area (Å²) in [5, 5.41) is 0. The summed E-state index contributed by atoms with van der Waals surface area (Å²) in [6.45, 7) is 2.72.